The Morgan fingerprint density at radius 3 is 2.53 bits per heavy atom. The highest BCUT2D eigenvalue weighted by Crippen LogP contribution is 2.27. The van der Waals surface area contributed by atoms with E-state index >= 15 is 0 Å². The molecule has 0 heterocycles. The monoisotopic (exact) mass is 333 g/mol. The van der Waals surface area contributed by atoms with E-state index in [9.17, 15) is 0 Å². The summed E-state index contributed by atoms with van der Waals surface area (Å²) in [7, 11) is 0. The van der Waals surface area contributed by atoms with Crippen LogP contribution in [0.25, 0.3) is 0 Å². The highest BCUT2D eigenvalue weighted by atomic mass is 79.9. The zero-order valence-electron chi connectivity index (χ0n) is 9.26. The Labute approximate surface area is 109 Å². The van der Waals surface area contributed by atoms with Crippen molar-refractivity contribution in [3.63, 3.8) is 0 Å². The van der Waals surface area contributed by atoms with Crippen molar-refractivity contribution >= 4 is 37.5 Å². The van der Waals surface area contributed by atoms with E-state index in [0.29, 0.717) is 0 Å². The average molecular weight is 335 g/mol. The van der Waals surface area contributed by atoms with Gasteiger partial charge in [-0.25, -0.2) is 0 Å². The highest BCUT2D eigenvalue weighted by Gasteiger charge is 2.08. The van der Waals surface area contributed by atoms with Crippen LogP contribution in [0.15, 0.2) is 22.7 Å². The maximum atomic E-state index is 3.54. The summed E-state index contributed by atoms with van der Waals surface area (Å²) in [6.45, 7) is 6.60. The van der Waals surface area contributed by atoms with Crippen LogP contribution in [0.2, 0.25) is 0 Å². The van der Waals surface area contributed by atoms with Crippen molar-refractivity contribution in [1.29, 1.82) is 0 Å². The minimum absolute atomic E-state index is 0.913. The molecule has 0 N–H and O–H groups in total. The summed E-state index contributed by atoms with van der Waals surface area (Å²) in [4.78, 5) is 2.42. The topological polar surface area (TPSA) is 3.24 Å². The number of rotatable bonds is 5. The van der Waals surface area contributed by atoms with Gasteiger partial charge in [-0.05, 0) is 31.0 Å². The lowest BCUT2D eigenvalue weighted by Gasteiger charge is -2.25. The summed E-state index contributed by atoms with van der Waals surface area (Å²) in [5.74, 6) is 0. The molecule has 15 heavy (non-hydrogen) atoms. The van der Waals surface area contributed by atoms with Gasteiger partial charge in [-0.2, -0.15) is 0 Å². The smallest absolute Gasteiger partial charge is 0.0418 e. The van der Waals surface area contributed by atoms with Crippen LogP contribution in [0.4, 0.5) is 5.69 Å². The SMILES string of the molecule is CCCN(CC)c1cc(Br)ccc1CBr. The van der Waals surface area contributed by atoms with Crippen molar-refractivity contribution in [2.24, 2.45) is 0 Å². The fourth-order valence-electron chi connectivity index (χ4n) is 1.66. The molecule has 0 atom stereocenters. The van der Waals surface area contributed by atoms with Crippen molar-refractivity contribution in [1.82, 2.24) is 0 Å². The third kappa shape index (κ3) is 3.49. The predicted molar refractivity (Wildman–Crippen MR) is 75.0 cm³/mol. The molecule has 1 aromatic rings. The maximum absolute atomic E-state index is 3.54. The van der Waals surface area contributed by atoms with Crippen LogP contribution in [0.3, 0.4) is 0 Å². The molecule has 0 saturated heterocycles. The first kappa shape index (κ1) is 13.0. The summed E-state index contributed by atoms with van der Waals surface area (Å²) in [5, 5.41) is 0.913. The molecule has 0 aromatic heterocycles. The molecule has 0 fully saturated rings. The van der Waals surface area contributed by atoms with E-state index in [1.54, 1.807) is 0 Å². The molecule has 0 aliphatic rings. The number of halogens is 2. The lowest BCUT2D eigenvalue weighted by atomic mass is 10.2. The molecular weight excluding hydrogens is 318 g/mol. The molecule has 1 nitrogen and oxygen atoms in total. The zero-order chi connectivity index (χ0) is 11.3. The number of anilines is 1. The summed E-state index contributed by atoms with van der Waals surface area (Å²) < 4.78 is 1.15. The van der Waals surface area contributed by atoms with Gasteiger partial charge in [0.1, 0.15) is 0 Å². The molecule has 1 rings (SSSR count). The van der Waals surface area contributed by atoms with E-state index in [0.717, 1.165) is 22.9 Å². The van der Waals surface area contributed by atoms with Gasteiger partial charge >= 0.3 is 0 Å². The van der Waals surface area contributed by atoms with Crippen LogP contribution in [0.1, 0.15) is 25.8 Å². The predicted octanol–water partition coefficient (Wildman–Crippen LogP) is 4.58. The van der Waals surface area contributed by atoms with Crippen molar-refractivity contribution in [3.8, 4) is 0 Å². The van der Waals surface area contributed by atoms with Crippen molar-refractivity contribution in [2.75, 3.05) is 18.0 Å². The average Bonchev–Trinajstić information content (AvgIpc) is 2.26. The van der Waals surface area contributed by atoms with Crippen LogP contribution in [-0.4, -0.2) is 13.1 Å². The Morgan fingerprint density at radius 1 is 1.27 bits per heavy atom. The van der Waals surface area contributed by atoms with Crippen LogP contribution in [0, 0.1) is 0 Å². The molecule has 0 saturated carbocycles. The largest absolute Gasteiger partial charge is 0.372 e. The first-order valence-corrected chi connectivity index (χ1v) is 7.23. The van der Waals surface area contributed by atoms with Gasteiger partial charge in [0.15, 0.2) is 0 Å². The van der Waals surface area contributed by atoms with E-state index in [1.807, 2.05) is 0 Å². The lowest BCUT2D eigenvalue weighted by Crippen LogP contribution is -2.24. The minimum atomic E-state index is 0.913. The number of hydrogen-bond donors (Lipinski definition) is 0. The van der Waals surface area contributed by atoms with E-state index < -0.39 is 0 Å². The van der Waals surface area contributed by atoms with Crippen molar-refractivity contribution in [2.45, 2.75) is 25.6 Å². The van der Waals surface area contributed by atoms with Crippen molar-refractivity contribution in [3.05, 3.63) is 28.2 Å². The molecular formula is C12H17Br2N. The fraction of sp³-hybridized carbons (Fsp3) is 0.500. The first-order chi connectivity index (χ1) is 7.22. The quantitative estimate of drug-likeness (QED) is 0.712. The molecule has 0 radical (unpaired) electrons. The van der Waals surface area contributed by atoms with E-state index in [4.69, 9.17) is 0 Å². The molecule has 84 valence electrons. The van der Waals surface area contributed by atoms with E-state index in [2.05, 4.69) is 68.8 Å². The van der Waals surface area contributed by atoms with Gasteiger partial charge in [0.2, 0.25) is 0 Å². The summed E-state index contributed by atoms with van der Waals surface area (Å²) >= 11 is 7.07. The van der Waals surface area contributed by atoms with E-state index in [-0.39, 0.29) is 0 Å². The molecule has 0 bridgehead atoms. The van der Waals surface area contributed by atoms with Gasteiger partial charge in [-0.1, -0.05) is 44.8 Å². The number of benzene rings is 1. The Balaban J connectivity index is 3.02. The number of alkyl halides is 1. The van der Waals surface area contributed by atoms with Gasteiger partial charge in [0.25, 0.3) is 0 Å². The van der Waals surface area contributed by atoms with Gasteiger partial charge in [0.05, 0.1) is 0 Å². The van der Waals surface area contributed by atoms with Crippen LogP contribution in [-0.2, 0) is 5.33 Å². The zero-order valence-corrected chi connectivity index (χ0v) is 12.4. The molecule has 1 aromatic carbocycles. The second-order valence-electron chi connectivity index (χ2n) is 3.49. The maximum Gasteiger partial charge on any atom is 0.0418 e. The standard InChI is InChI=1S/C12H17Br2N/c1-3-7-15(4-2)12-8-11(14)6-5-10(12)9-13/h5-6,8H,3-4,7,9H2,1-2H3. The Morgan fingerprint density at radius 2 is 2.00 bits per heavy atom. The van der Waals surface area contributed by atoms with Crippen LogP contribution >= 0.6 is 31.9 Å². The molecule has 0 amide bonds. The van der Waals surface area contributed by atoms with Crippen LogP contribution < -0.4 is 4.90 Å². The van der Waals surface area contributed by atoms with Gasteiger partial charge in [-0.15, -0.1) is 0 Å². The Kier molecular flexibility index (Phi) is 5.69. The minimum Gasteiger partial charge on any atom is -0.372 e. The normalized spacial score (nSPS) is 10.4. The lowest BCUT2D eigenvalue weighted by molar-refractivity contribution is 0.788. The summed E-state index contributed by atoms with van der Waals surface area (Å²) in [5.41, 5.74) is 2.69. The van der Waals surface area contributed by atoms with E-state index in [1.165, 1.54) is 17.7 Å². The summed E-state index contributed by atoms with van der Waals surface area (Å²) in [6, 6.07) is 6.47. The molecule has 3 heteroatoms. The number of nitrogens with zero attached hydrogens (tertiary/aromatic N) is 1. The first-order valence-electron chi connectivity index (χ1n) is 5.32. The van der Waals surface area contributed by atoms with Crippen molar-refractivity contribution < 1.29 is 0 Å². The number of hydrogen-bond acceptors (Lipinski definition) is 1. The second kappa shape index (κ2) is 6.54. The Bertz CT molecular complexity index is 312. The van der Waals surface area contributed by atoms with Gasteiger partial charge in [0, 0.05) is 28.6 Å². The van der Waals surface area contributed by atoms with Gasteiger partial charge in [-0.3, -0.25) is 0 Å². The third-order valence-corrected chi connectivity index (χ3v) is 3.50. The molecule has 0 unspecified atom stereocenters. The second-order valence-corrected chi connectivity index (χ2v) is 4.96. The fourth-order valence-corrected chi connectivity index (χ4v) is 2.49. The summed E-state index contributed by atoms with van der Waals surface area (Å²) in [6.07, 6.45) is 1.18. The van der Waals surface area contributed by atoms with Gasteiger partial charge < -0.3 is 4.90 Å². The highest BCUT2D eigenvalue weighted by molar-refractivity contribution is 9.10. The molecule has 0 aliphatic carbocycles. The molecule has 0 spiro atoms. The third-order valence-electron chi connectivity index (χ3n) is 2.41. The Hall–Kier alpha value is -0.0200. The van der Waals surface area contributed by atoms with Crippen LogP contribution in [0.5, 0.6) is 0 Å². The molecule has 0 aliphatic heterocycles.